The molecule has 2 N–H and O–H groups in total. The number of nitrogens with zero attached hydrogens (tertiary/aromatic N) is 2. The lowest BCUT2D eigenvalue weighted by atomic mass is 10.1. The Labute approximate surface area is 173 Å². The molecule has 0 spiro atoms. The van der Waals surface area contributed by atoms with Gasteiger partial charge in [0.15, 0.2) is 5.82 Å². The number of anilines is 1. The molecule has 6 nitrogen and oxygen atoms in total. The minimum Gasteiger partial charge on any atom is -0.363 e. The van der Waals surface area contributed by atoms with Crippen molar-refractivity contribution in [3.8, 4) is 11.4 Å². The first-order valence-electron chi connectivity index (χ1n) is 9.07. The van der Waals surface area contributed by atoms with E-state index in [1.54, 1.807) is 29.5 Å². The van der Waals surface area contributed by atoms with Gasteiger partial charge >= 0.3 is 0 Å². The molecule has 4 rings (SSSR count). The molecule has 0 fully saturated rings. The van der Waals surface area contributed by atoms with E-state index in [2.05, 4.69) is 15.0 Å². The van der Waals surface area contributed by atoms with Crippen LogP contribution in [0.1, 0.15) is 18.5 Å². The molecule has 0 aliphatic heterocycles. The number of nitrogens with one attached hydrogen (secondary N) is 2. The highest BCUT2D eigenvalue weighted by molar-refractivity contribution is 7.89. The summed E-state index contributed by atoms with van der Waals surface area (Å²) in [6, 6.07) is 16.6. The highest BCUT2D eigenvalue weighted by atomic mass is 32.2. The molecule has 2 aromatic heterocycles. The van der Waals surface area contributed by atoms with E-state index in [0.29, 0.717) is 11.6 Å². The molecule has 29 heavy (non-hydrogen) atoms. The average Bonchev–Trinajstić information content (AvgIpc) is 3.28. The summed E-state index contributed by atoms with van der Waals surface area (Å²) in [6.07, 6.45) is 0. The van der Waals surface area contributed by atoms with Gasteiger partial charge in [0.25, 0.3) is 0 Å². The number of benzene rings is 2. The lowest BCUT2D eigenvalue weighted by Gasteiger charge is -2.18. The molecule has 1 atom stereocenters. The van der Waals surface area contributed by atoms with Crippen molar-refractivity contribution >= 4 is 38.1 Å². The van der Waals surface area contributed by atoms with Gasteiger partial charge in [-0.25, -0.2) is 23.1 Å². The van der Waals surface area contributed by atoms with E-state index in [-0.39, 0.29) is 10.9 Å². The highest BCUT2D eigenvalue weighted by Gasteiger charge is 2.16. The predicted molar refractivity (Wildman–Crippen MR) is 118 cm³/mol. The van der Waals surface area contributed by atoms with Gasteiger partial charge in [-0.2, -0.15) is 11.3 Å². The lowest BCUT2D eigenvalue weighted by Crippen LogP contribution is -2.19. The third kappa shape index (κ3) is 4.00. The summed E-state index contributed by atoms with van der Waals surface area (Å²) in [7, 11) is -2.09. The highest BCUT2D eigenvalue weighted by Crippen LogP contribution is 2.29. The van der Waals surface area contributed by atoms with E-state index >= 15 is 0 Å². The zero-order valence-electron chi connectivity index (χ0n) is 16.0. The first-order chi connectivity index (χ1) is 14.0. The van der Waals surface area contributed by atoms with Crippen LogP contribution in [0.3, 0.4) is 0 Å². The van der Waals surface area contributed by atoms with Crippen molar-refractivity contribution in [3.05, 3.63) is 70.9 Å². The number of aromatic nitrogens is 2. The Hall–Kier alpha value is -2.81. The summed E-state index contributed by atoms with van der Waals surface area (Å²) in [6.45, 7) is 1.98. The van der Waals surface area contributed by atoms with Gasteiger partial charge in [-0.05, 0) is 55.2 Å². The average molecular weight is 425 g/mol. The van der Waals surface area contributed by atoms with Crippen LogP contribution >= 0.6 is 11.3 Å². The number of sulfonamides is 1. The fourth-order valence-electron chi connectivity index (χ4n) is 3.06. The molecule has 0 saturated heterocycles. The van der Waals surface area contributed by atoms with Crippen LogP contribution in [0.2, 0.25) is 0 Å². The van der Waals surface area contributed by atoms with Crippen LogP contribution in [0, 0.1) is 0 Å². The molecule has 0 amide bonds. The minimum absolute atomic E-state index is 0.157. The van der Waals surface area contributed by atoms with Crippen LogP contribution in [0.5, 0.6) is 0 Å². The molecule has 0 saturated carbocycles. The monoisotopic (exact) mass is 424 g/mol. The Morgan fingerprint density at radius 1 is 1.03 bits per heavy atom. The van der Waals surface area contributed by atoms with Gasteiger partial charge in [-0.3, -0.25) is 0 Å². The van der Waals surface area contributed by atoms with E-state index < -0.39 is 10.0 Å². The first-order valence-corrected chi connectivity index (χ1v) is 11.5. The molecule has 0 aliphatic rings. The maximum absolute atomic E-state index is 12.1. The van der Waals surface area contributed by atoms with E-state index in [0.717, 1.165) is 22.0 Å². The first kappa shape index (κ1) is 19.5. The van der Waals surface area contributed by atoms with Gasteiger partial charge in [0.1, 0.15) is 5.82 Å². The van der Waals surface area contributed by atoms with Crippen molar-refractivity contribution < 1.29 is 8.42 Å². The van der Waals surface area contributed by atoms with Gasteiger partial charge in [-0.15, -0.1) is 0 Å². The zero-order valence-corrected chi connectivity index (χ0v) is 17.6. The molecular weight excluding hydrogens is 404 g/mol. The van der Waals surface area contributed by atoms with Crippen LogP contribution in [-0.2, 0) is 10.0 Å². The summed E-state index contributed by atoms with van der Waals surface area (Å²) >= 11 is 1.60. The van der Waals surface area contributed by atoms with Crippen LogP contribution in [0.15, 0.2) is 70.3 Å². The predicted octanol–water partition coefficient (Wildman–Crippen LogP) is 4.44. The maximum atomic E-state index is 12.1. The van der Waals surface area contributed by atoms with Crippen molar-refractivity contribution in [1.82, 2.24) is 14.7 Å². The van der Waals surface area contributed by atoms with E-state index in [1.807, 2.05) is 54.1 Å². The summed E-state index contributed by atoms with van der Waals surface area (Å²) < 4.78 is 26.6. The quantitative estimate of drug-likeness (QED) is 0.478. The van der Waals surface area contributed by atoms with Crippen LogP contribution < -0.4 is 10.0 Å². The Morgan fingerprint density at radius 3 is 2.62 bits per heavy atom. The van der Waals surface area contributed by atoms with Crippen LogP contribution in [0.4, 0.5) is 5.82 Å². The molecule has 2 heterocycles. The molecule has 0 radical (unpaired) electrons. The molecule has 148 valence electrons. The topological polar surface area (TPSA) is 84.0 Å². The van der Waals surface area contributed by atoms with Crippen molar-refractivity contribution in [3.63, 3.8) is 0 Å². The summed E-state index contributed by atoms with van der Waals surface area (Å²) in [5.41, 5.74) is 2.67. The van der Waals surface area contributed by atoms with Gasteiger partial charge < -0.3 is 5.32 Å². The van der Waals surface area contributed by atoms with E-state index in [4.69, 9.17) is 4.98 Å². The number of fused-ring (bicyclic) bond motifs is 1. The standard InChI is InChI=1S/C21H20N4O2S2/c1-14(15-6-5-7-17(12-15)29(26,27)22-2)23-21-18-8-3-4-9-19(18)24-20(25-21)16-10-11-28-13-16/h3-14,22H,1-2H3,(H,23,24,25). The van der Waals surface area contributed by atoms with Crippen molar-refractivity contribution in [2.45, 2.75) is 17.9 Å². The number of para-hydroxylation sites is 1. The Kier molecular flexibility index (Phi) is 5.31. The Balaban J connectivity index is 1.73. The minimum atomic E-state index is -3.50. The number of hydrogen-bond donors (Lipinski definition) is 2. The van der Waals surface area contributed by atoms with Gasteiger partial charge in [-0.1, -0.05) is 24.3 Å². The zero-order chi connectivity index (χ0) is 20.4. The van der Waals surface area contributed by atoms with Crippen LogP contribution in [-0.4, -0.2) is 25.4 Å². The fraction of sp³-hybridized carbons (Fsp3) is 0.143. The second-order valence-electron chi connectivity index (χ2n) is 6.57. The summed E-state index contributed by atoms with van der Waals surface area (Å²) in [5.74, 6) is 1.37. The third-order valence-corrected chi connectivity index (χ3v) is 6.77. The Morgan fingerprint density at radius 2 is 1.86 bits per heavy atom. The smallest absolute Gasteiger partial charge is 0.240 e. The lowest BCUT2D eigenvalue weighted by molar-refractivity contribution is 0.588. The maximum Gasteiger partial charge on any atom is 0.240 e. The van der Waals surface area contributed by atoms with Gasteiger partial charge in [0, 0.05) is 16.3 Å². The normalized spacial score (nSPS) is 12.8. The number of rotatable bonds is 6. The Bertz CT molecular complexity index is 1250. The SMILES string of the molecule is CNS(=O)(=O)c1cccc(C(C)Nc2nc(-c3ccsc3)nc3ccccc23)c1. The largest absolute Gasteiger partial charge is 0.363 e. The van der Waals surface area contributed by atoms with Crippen molar-refractivity contribution in [1.29, 1.82) is 0 Å². The molecule has 2 aromatic carbocycles. The number of thiophene rings is 1. The fourth-order valence-corrected chi connectivity index (χ4v) is 4.48. The third-order valence-electron chi connectivity index (χ3n) is 4.67. The van der Waals surface area contributed by atoms with E-state index in [1.165, 1.54) is 7.05 Å². The van der Waals surface area contributed by atoms with Crippen LogP contribution in [0.25, 0.3) is 22.3 Å². The summed E-state index contributed by atoms with van der Waals surface area (Å²) in [4.78, 5) is 9.67. The molecular formula is C21H20N4O2S2. The van der Waals surface area contributed by atoms with Gasteiger partial charge in [0.05, 0.1) is 16.5 Å². The number of hydrogen-bond acceptors (Lipinski definition) is 6. The van der Waals surface area contributed by atoms with E-state index in [9.17, 15) is 8.42 Å². The second-order valence-corrected chi connectivity index (χ2v) is 9.24. The van der Waals surface area contributed by atoms with Gasteiger partial charge in [0.2, 0.25) is 10.0 Å². The molecule has 0 aliphatic carbocycles. The van der Waals surface area contributed by atoms with Crippen molar-refractivity contribution in [2.24, 2.45) is 0 Å². The molecule has 1 unspecified atom stereocenters. The second kappa shape index (κ2) is 7.90. The summed E-state index contributed by atoms with van der Waals surface area (Å²) in [5, 5.41) is 8.37. The molecule has 8 heteroatoms. The molecule has 0 bridgehead atoms. The molecule has 4 aromatic rings. The van der Waals surface area contributed by atoms with Crippen molar-refractivity contribution in [2.75, 3.05) is 12.4 Å².